The van der Waals surface area contributed by atoms with E-state index < -0.39 is 18.3 Å². The molecule has 7 nitrogen and oxygen atoms in total. The Balaban J connectivity index is 1.19. The minimum atomic E-state index is -1.24. The number of carbonyl (C=O) groups excluding carboxylic acids is 1. The van der Waals surface area contributed by atoms with Gasteiger partial charge in [0.15, 0.2) is 0 Å². The minimum absolute atomic E-state index is 0.0481. The van der Waals surface area contributed by atoms with Crippen LogP contribution in [0.4, 0.5) is 4.79 Å². The summed E-state index contributed by atoms with van der Waals surface area (Å²) in [4.78, 5) is 12.4. The van der Waals surface area contributed by atoms with Crippen molar-refractivity contribution in [2.45, 2.75) is 18.1 Å². The Kier molecular flexibility index (Phi) is 6.12. The number of carbonyl (C=O) groups is 1. The second kappa shape index (κ2) is 9.51. The molecular formula is C27H25N3O4. The van der Waals surface area contributed by atoms with Gasteiger partial charge in [-0.25, -0.2) is 4.79 Å². The number of aliphatic hydroxyl groups is 2. The van der Waals surface area contributed by atoms with Gasteiger partial charge in [-0.3, -0.25) is 5.10 Å². The van der Waals surface area contributed by atoms with Crippen molar-refractivity contribution < 1.29 is 19.7 Å². The molecule has 2 unspecified atom stereocenters. The summed E-state index contributed by atoms with van der Waals surface area (Å²) in [6.07, 6.45) is -1.64. The minimum Gasteiger partial charge on any atom is -0.449 e. The summed E-state index contributed by atoms with van der Waals surface area (Å²) in [6.45, 7) is 0.00957. The maximum atomic E-state index is 12.4. The molecule has 0 bridgehead atoms. The van der Waals surface area contributed by atoms with Crippen LogP contribution in [0.1, 0.15) is 28.7 Å². The molecule has 0 fully saturated rings. The van der Waals surface area contributed by atoms with E-state index in [9.17, 15) is 15.0 Å². The van der Waals surface area contributed by atoms with Crippen LogP contribution in [0.5, 0.6) is 0 Å². The number of hydrogen-bond donors (Lipinski definition) is 4. The molecule has 0 spiro atoms. The third-order valence-electron chi connectivity index (χ3n) is 6.21. The Labute approximate surface area is 197 Å². The average molecular weight is 456 g/mol. The van der Waals surface area contributed by atoms with E-state index in [0.717, 1.165) is 27.8 Å². The Morgan fingerprint density at radius 1 is 0.941 bits per heavy atom. The largest absolute Gasteiger partial charge is 0.449 e. The Bertz CT molecular complexity index is 1240. The smallest absolute Gasteiger partial charge is 0.407 e. The van der Waals surface area contributed by atoms with E-state index in [1.807, 2.05) is 54.6 Å². The number of ether oxygens (including phenoxy) is 1. The van der Waals surface area contributed by atoms with Crippen molar-refractivity contribution in [1.29, 1.82) is 0 Å². The monoisotopic (exact) mass is 455 g/mol. The predicted octanol–water partition coefficient (Wildman–Crippen LogP) is 4.01. The third-order valence-corrected chi connectivity index (χ3v) is 6.21. The number of nitrogens with zero attached hydrogens (tertiary/aromatic N) is 1. The first kappa shape index (κ1) is 21.9. The number of alkyl carbamates (subject to hydrolysis) is 1. The van der Waals surface area contributed by atoms with Gasteiger partial charge < -0.3 is 20.3 Å². The highest BCUT2D eigenvalue weighted by molar-refractivity contribution is 5.79. The summed E-state index contributed by atoms with van der Waals surface area (Å²) < 4.78 is 5.49. The van der Waals surface area contributed by atoms with Gasteiger partial charge in [-0.05, 0) is 27.8 Å². The van der Waals surface area contributed by atoms with Crippen LogP contribution in [0.3, 0.4) is 0 Å². The van der Waals surface area contributed by atoms with Crippen LogP contribution in [0.2, 0.25) is 0 Å². The van der Waals surface area contributed by atoms with Crippen LogP contribution in [-0.2, 0) is 4.74 Å². The van der Waals surface area contributed by atoms with E-state index in [-0.39, 0.29) is 19.1 Å². The van der Waals surface area contributed by atoms with Crippen LogP contribution in [-0.4, -0.2) is 45.8 Å². The van der Waals surface area contributed by atoms with E-state index in [1.54, 1.807) is 0 Å². The number of nitrogens with one attached hydrogen (secondary N) is 2. The Morgan fingerprint density at radius 3 is 2.24 bits per heavy atom. The number of H-pyrrole nitrogens is 1. The molecule has 5 rings (SSSR count). The standard InChI is InChI=1S/C27H25N3O4/c31-24(26(32)22-14-29-30-25(22)17-8-2-1-3-9-17)15-28-27(33)34-16-23-20-12-6-4-10-18(20)19-11-5-7-13-21(19)23/h1-14,23-24,26,31-32H,15-16H2,(H,28,33)(H,29,30). The molecule has 7 heteroatoms. The number of benzene rings is 3. The van der Waals surface area contributed by atoms with Crippen molar-refractivity contribution in [2.24, 2.45) is 0 Å². The molecule has 3 aromatic carbocycles. The number of aliphatic hydroxyl groups excluding tert-OH is 2. The van der Waals surface area contributed by atoms with Crippen molar-refractivity contribution >= 4 is 6.09 Å². The van der Waals surface area contributed by atoms with Crippen LogP contribution < -0.4 is 5.32 Å². The molecule has 1 amide bonds. The highest BCUT2D eigenvalue weighted by Gasteiger charge is 2.29. The maximum absolute atomic E-state index is 12.4. The third kappa shape index (κ3) is 4.19. The van der Waals surface area contributed by atoms with Crippen molar-refractivity contribution in [3.05, 3.63) is 102 Å². The molecule has 0 radical (unpaired) electrons. The fraction of sp³-hybridized carbons (Fsp3) is 0.185. The molecule has 1 aliphatic rings. The lowest BCUT2D eigenvalue weighted by atomic mass is 9.98. The zero-order valence-electron chi connectivity index (χ0n) is 18.4. The first-order valence-corrected chi connectivity index (χ1v) is 11.2. The first-order chi connectivity index (χ1) is 16.6. The van der Waals surface area contributed by atoms with Crippen LogP contribution in [0.25, 0.3) is 22.4 Å². The fourth-order valence-electron chi connectivity index (χ4n) is 4.51. The quantitative estimate of drug-likeness (QED) is 0.337. The zero-order chi connectivity index (χ0) is 23.5. The molecule has 1 aliphatic carbocycles. The summed E-state index contributed by atoms with van der Waals surface area (Å²) in [6, 6.07) is 25.6. The fourth-order valence-corrected chi connectivity index (χ4v) is 4.51. The van der Waals surface area contributed by atoms with E-state index >= 15 is 0 Å². The predicted molar refractivity (Wildman–Crippen MR) is 128 cm³/mol. The number of fused-ring (bicyclic) bond motifs is 3. The van der Waals surface area contributed by atoms with Gasteiger partial charge in [-0.15, -0.1) is 0 Å². The van der Waals surface area contributed by atoms with Crippen molar-refractivity contribution in [3.8, 4) is 22.4 Å². The van der Waals surface area contributed by atoms with Gasteiger partial charge in [-0.2, -0.15) is 5.10 Å². The molecule has 0 saturated heterocycles. The van der Waals surface area contributed by atoms with E-state index in [4.69, 9.17) is 4.74 Å². The number of hydrogen-bond acceptors (Lipinski definition) is 5. The Hall–Kier alpha value is -3.94. The summed E-state index contributed by atoms with van der Waals surface area (Å²) in [5, 5.41) is 30.6. The molecule has 0 saturated carbocycles. The van der Waals surface area contributed by atoms with E-state index in [2.05, 4.69) is 39.8 Å². The molecule has 4 aromatic rings. The molecule has 172 valence electrons. The number of aromatic amines is 1. The van der Waals surface area contributed by atoms with Crippen LogP contribution in [0, 0.1) is 0 Å². The number of rotatable bonds is 7. The summed E-state index contributed by atoms with van der Waals surface area (Å²) in [5.74, 6) is -0.0481. The van der Waals surface area contributed by atoms with Crippen molar-refractivity contribution in [2.75, 3.05) is 13.2 Å². The summed E-state index contributed by atoms with van der Waals surface area (Å²) >= 11 is 0. The maximum Gasteiger partial charge on any atom is 0.407 e. The average Bonchev–Trinajstić information content (AvgIpc) is 3.49. The highest BCUT2D eigenvalue weighted by Crippen LogP contribution is 2.44. The molecule has 4 N–H and O–H groups in total. The Morgan fingerprint density at radius 2 is 1.56 bits per heavy atom. The molecule has 0 aliphatic heterocycles. The first-order valence-electron chi connectivity index (χ1n) is 11.2. The molecule has 2 atom stereocenters. The van der Waals surface area contributed by atoms with Gasteiger partial charge in [0.1, 0.15) is 18.8 Å². The van der Waals surface area contributed by atoms with Crippen molar-refractivity contribution in [1.82, 2.24) is 15.5 Å². The molecule has 1 heterocycles. The van der Waals surface area contributed by atoms with Gasteiger partial charge in [-0.1, -0.05) is 78.9 Å². The lowest BCUT2D eigenvalue weighted by Gasteiger charge is -2.19. The lowest BCUT2D eigenvalue weighted by molar-refractivity contribution is 0.0189. The van der Waals surface area contributed by atoms with E-state index in [1.165, 1.54) is 6.20 Å². The highest BCUT2D eigenvalue weighted by atomic mass is 16.5. The number of amides is 1. The van der Waals surface area contributed by atoms with Crippen LogP contribution >= 0.6 is 0 Å². The second-order valence-electron chi connectivity index (χ2n) is 8.29. The van der Waals surface area contributed by atoms with Gasteiger partial charge in [0, 0.05) is 18.0 Å². The molecule has 34 heavy (non-hydrogen) atoms. The van der Waals surface area contributed by atoms with Crippen LogP contribution in [0.15, 0.2) is 85.1 Å². The lowest BCUT2D eigenvalue weighted by Crippen LogP contribution is -2.36. The van der Waals surface area contributed by atoms with Crippen molar-refractivity contribution in [3.63, 3.8) is 0 Å². The number of aromatic nitrogens is 2. The molecule has 1 aromatic heterocycles. The van der Waals surface area contributed by atoms with E-state index in [0.29, 0.717) is 11.3 Å². The summed E-state index contributed by atoms with van der Waals surface area (Å²) in [5.41, 5.74) is 6.47. The molecular weight excluding hydrogens is 430 g/mol. The van der Waals surface area contributed by atoms with Gasteiger partial charge in [0.25, 0.3) is 0 Å². The van der Waals surface area contributed by atoms with Gasteiger partial charge >= 0.3 is 6.09 Å². The SMILES string of the molecule is O=C(NCC(O)C(O)c1cn[nH]c1-c1ccccc1)OCC1c2ccccc2-c2ccccc21. The second-order valence-corrected chi connectivity index (χ2v) is 8.29. The summed E-state index contributed by atoms with van der Waals surface area (Å²) in [7, 11) is 0. The van der Waals surface area contributed by atoms with Gasteiger partial charge in [0.2, 0.25) is 0 Å². The zero-order valence-corrected chi connectivity index (χ0v) is 18.4. The normalized spacial score (nSPS) is 14.2. The topological polar surface area (TPSA) is 107 Å². The van der Waals surface area contributed by atoms with Gasteiger partial charge in [0.05, 0.1) is 11.9 Å².